The van der Waals surface area contributed by atoms with Crippen molar-refractivity contribution in [1.82, 2.24) is 4.90 Å². The highest BCUT2D eigenvalue weighted by Gasteiger charge is 2.47. The predicted octanol–water partition coefficient (Wildman–Crippen LogP) is 3.63. The van der Waals surface area contributed by atoms with Crippen molar-refractivity contribution in [3.63, 3.8) is 0 Å². The summed E-state index contributed by atoms with van der Waals surface area (Å²) in [7, 11) is 3.07. The molecule has 0 aliphatic carbocycles. The quantitative estimate of drug-likeness (QED) is 0.384. The number of ether oxygens (including phenoxy) is 4. The number of carbonyl (C=O) groups is 2. The Morgan fingerprint density at radius 1 is 1.11 bits per heavy atom. The molecule has 0 saturated carbocycles. The summed E-state index contributed by atoms with van der Waals surface area (Å²) in [5.41, 5.74) is 2.12. The topological polar surface area (TPSA) is 94.5 Å². The number of carbonyl (C=O) groups excluding carboxylic acids is 2. The first-order valence-electron chi connectivity index (χ1n) is 11.8. The standard InChI is InChI=1S/C27H29NO7/c1-15-11-18-12-17(7-8-20(18)35-15)25(29)23-24(16-6-9-21(32-2)22(13-16)33-3)28(27(31)26(23)30)14-19-5-4-10-34-19/h6-9,12-13,15,19,24,29H,4-5,10-11,14H2,1-3H3/t15-,19-,24-/m0/s1. The fraction of sp³-hybridized carbons (Fsp3) is 0.407. The van der Waals surface area contributed by atoms with Gasteiger partial charge in [0.1, 0.15) is 17.6 Å². The van der Waals surface area contributed by atoms with Crippen LogP contribution in [-0.2, 0) is 20.7 Å². The second-order valence-electron chi connectivity index (χ2n) is 9.16. The van der Waals surface area contributed by atoms with Gasteiger partial charge in [-0.1, -0.05) is 6.07 Å². The minimum atomic E-state index is -0.789. The van der Waals surface area contributed by atoms with Gasteiger partial charge in [0.05, 0.1) is 31.9 Å². The van der Waals surface area contributed by atoms with E-state index < -0.39 is 17.7 Å². The Morgan fingerprint density at radius 2 is 1.91 bits per heavy atom. The molecule has 8 heteroatoms. The number of likely N-dealkylation sites (tertiary alicyclic amines) is 1. The smallest absolute Gasteiger partial charge is 0.295 e. The Labute approximate surface area is 204 Å². The van der Waals surface area contributed by atoms with Crippen LogP contribution in [0.15, 0.2) is 42.0 Å². The number of methoxy groups -OCH3 is 2. The lowest BCUT2D eigenvalue weighted by atomic mass is 9.94. The molecule has 2 fully saturated rings. The molecule has 3 atom stereocenters. The number of rotatable bonds is 6. The number of amides is 1. The van der Waals surface area contributed by atoms with E-state index in [2.05, 4.69) is 0 Å². The first kappa shape index (κ1) is 23.2. The third-order valence-electron chi connectivity index (χ3n) is 6.86. The normalized spacial score (nSPS) is 25.0. The highest BCUT2D eigenvalue weighted by atomic mass is 16.5. The van der Waals surface area contributed by atoms with Gasteiger partial charge in [0.15, 0.2) is 11.5 Å². The average Bonchev–Trinajstić information content (AvgIpc) is 3.57. The summed E-state index contributed by atoms with van der Waals surface area (Å²) in [4.78, 5) is 28.1. The molecule has 0 aromatic heterocycles. The summed E-state index contributed by atoms with van der Waals surface area (Å²) < 4.78 is 22.4. The van der Waals surface area contributed by atoms with Crippen LogP contribution in [0.25, 0.3) is 5.76 Å². The van der Waals surface area contributed by atoms with Gasteiger partial charge in [0, 0.05) is 25.1 Å². The molecule has 3 aliphatic heterocycles. The molecule has 35 heavy (non-hydrogen) atoms. The van der Waals surface area contributed by atoms with Crippen LogP contribution < -0.4 is 14.2 Å². The van der Waals surface area contributed by atoms with Gasteiger partial charge in [-0.2, -0.15) is 0 Å². The van der Waals surface area contributed by atoms with Crippen LogP contribution in [0.4, 0.5) is 0 Å². The Balaban J connectivity index is 1.62. The molecule has 0 bridgehead atoms. The van der Waals surface area contributed by atoms with E-state index in [0.29, 0.717) is 35.7 Å². The number of aliphatic hydroxyl groups excluding tert-OH is 1. The van der Waals surface area contributed by atoms with Gasteiger partial charge in [-0.05, 0) is 61.2 Å². The van der Waals surface area contributed by atoms with E-state index >= 15 is 0 Å². The molecule has 2 aromatic carbocycles. The van der Waals surface area contributed by atoms with Gasteiger partial charge in [-0.25, -0.2) is 0 Å². The first-order valence-corrected chi connectivity index (χ1v) is 11.8. The van der Waals surface area contributed by atoms with Crippen LogP contribution in [-0.4, -0.2) is 61.3 Å². The molecule has 2 saturated heterocycles. The second kappa shape index (κ2) is 9.26. The van der Waals surface area contributed by atoms with Crippen LogP contribution in [0.2, 0.25) is 0 Å². The summed E-state index contributed by atoms with van der Waals surface area (Å²) in [6, 6.07) is 9.80. The maximum absolute atomic E-state index is 13.3. The van der Waals surface area contributed by atoms with Crippen LogP contribution >= 0.6 is 0 Å². The fourth-order valence-electron chi connectivity index (χ4n) is 5.17. The van der Waals surface area contributed by atoms with Gasteiger partial charge >= 0.3 is 0 Å². The number of aliphatic hydroxyl groups is 1. The minimum absolute atomic E-state index is 0.0474. The zero-order valence-corrected chi connectivity index (χ0v) is 20.1. The molecule has 184 valence electrons. The fourth-order valence-corrected chi connectivity index (χ4v) is 5.17. The number of nitrogens with zero attached hydrogens (tertiary/aromatic N) is 1. The molecule has 3 aliphatic rings. The van der Waals surface area contributed by atoms with E-state index in [-0.39, 0.29) is 30.1 Å². The van der Waals surface area contributed by atoms with Gasteiger partial charge in [0.2, 0.25) is 0 Å². The Bertz CT molecular complexity index is 1200. The van der Waals surface area contributed by atoms with Crippen molar-refractivity contribution in [2.45, 2.75) is 44.4 Å². The minimum Gasteiger partial charge on any atom is -0.507 e. The highest BCUT2D eigenvalue weighted by molar-refractivity contribution is 6.46. The van der Waals surface area contributed by atoms with Crippen molar-refractivity contribution in [2.24, 2.45) is 0 Å². The Hall–Kier alpha value is -3.52. The first-order chi connectivity index (χ1) is 16.9. The van der Waals surface area contributed by atoms with E-state index in [9.17, 15) is 14.7 Å². The maximum Gasteiger partial charge on any atom is 0.295 e. The van der Waals surface area contributed by atoms with Crippen molar-refractivity contribution in [2.75, 3.05) is 27.4 Å². The molecule has 5 rings (SSSR count). The second-order valence-corrected chi connectivity index (χ2v) is 9.16. The lowest BCUT2D eigenvalue weighted by Gasteiger charge is -2.28. The van der Waals surface area contributed by atoms with Crippen molar-refractivity contribution >= 4 is 17.4 Å². The summed E-state index contributed by atoms with van der Waals surface area (Å²) in [6.07, 6.45) is 2.32. The van der Waals surface area contributed by atoms with E-state index in [1.165, 1.54) is 12.0 Å². The largest absolute Gasteiger partial charge is 0.507 e. The Morgan fingerprint density at radius 3 is 2.63 bits per heavy atom. The zero-order chi connectivity index (χ0) is 24.7. The number of hydrogen-bond acceptors (Lipinski definition) is 7. The molecule has 1 N–H and O–H groups in total. The predicted molar refractivity (Wildman–Crippen MR) is 128 cm³/mol. The third kappa shape index (κ3) is 4.12. The molecule has 0 radical (unpaired) electrons. The lowest BCUT2D eigenvalue weighted by molar-refractivity contribution is -0.140. The monoisotopic (exact) mass is 479 g/mol. The molecule has 0 spiro atoms. The molecule has 1 amide bonds. The Kier molecular flexibility index (Phi) is 6.15. The summed E-state index contributed by atoms with van der Waals surface area (Å²) >= 11 is 0. The third-order valence-corrected chi connectivity index (χ3v) is 6.86. The van der Waals surface area contributed by atoms with Crippen molar-refractivity contribution in [1.29, 1.82) is 0 Å². The molecule has 3 heterocycles. The maximum atomic E-state index is 13.3. The lowest BCUT2D eigenvalue weighted by Crippen LogP contribution is -2.36. The number of fused-ring (bicyclic) bond motifs is 1. The number of ketones is 1. The van der Waals surface area contributed by atoms with E-state index in [0.717, 1.165) is 24.2 Å². The van der Waals surface area contributed by atoms with Gasteiger partial charge in [0.25, 0.3) is 11.7 Å². The van der Waals surface area contributed by atoms with Crippen molar-refractivity contribution in [3.05, 3.63) is 58.7 Å². The number of benzene rings is 2. The van der Waals surface area contributed by atoms with Crippen molar-refractivity contribution < 1.29 is 33.6 Å². The van der Waals surface area contributed by atoms with E-state index in [1.54, 1.807) is 37.4 Å². The highest BCUT2D eigenvalue weighted by Crippen LogP contribution is 2.43. The number of Topliss-reactive ketones (excluding diaryl/α,β-unsaturated/α-hetero) is 1. The summed E-state index contributed by atoms with van der Waals surface area (Å²) in [5, 5.41) is 11.4. The number of hydrogen-bond donors (Lipinski definition) is 1. The van der Waals surface area contributed by atoms with E-state index in [1.807, 2.05) is 13.0 Å². The van der Waals surface area contributed by atoms with Gasteiger partial charge in [-0.15, -0.1) is 0 Å². The van der Waals surface area contributed by atoms with Crippen LogP contribution in [0, 0.1) is 0 Å². The molecule has 8 nitrogen and oxygen atoms in total. The zero-order valence-electron chi connectivity index (χ0n) is 20.1. The van der Waals surface area contributed by atoms with Gasteiger partial charge < -0.3 is 29.0 Å². The van der Waals surface area contributed by atoms with E-state index in [4.69, 9.17) is 18.9 Å². The summed E-state index contributed by atoms with van der Waals surface area (Å²) in [6.45, 7) is 2.87. The SMILES string of the molecule is COc1ccc([C@H]2C(=C(O)c3ccc4c(c3)C[C@H](C)O4)C(=O)C(=O)N2C[C@@H]2CCCO2)cc1OC. The van der Waals surface area contributed by atoms with Crippen LogP contribution in [0.5, 0.6) is 17.2 Å². The average molecular weight is 480 g/mol. The molecule has 2 aromatic rings. The van der Waals surface area contributed by atoms with Crippen LogP contribution in [0.3, 0.4) is 0 Å². The summed E-state index contributed by atoms with van der Waals surface area (Å²) in [5.74, 6) is 0.187. The van der Waals surface area contributed by atoms with Crippen LogP contribution in [0.1, 0.15) is 42.5 Å². The van der Waals surface area contributed by atoms with Crippen molar-refractivity contribution in [3.8, 4) is 17.2 Å². The molecule has 0 unspecified atom stereocenters. The van der Waals surface area contributed by atoms with Gasteiger partial charge in [-0.3, -0.25) is 9.59 Å². The molecular weight excluding hydrogens is 450 g/mol. The molecular formula is C27H29NO7.